The third-order valence-corrected chi connectivity index (χ3v) is 4.81. The van der Waals surface area contributed by atoms with Crippen molar-refractivity contribution < 1.29 is 18.7 Å². The topological polar surface area (TPSA) is 51.1 Å². The van der Waals surface area contributed by atoms with Crippen molar-refractivity contribution in [3.05, 3.63) is 53.8 Å². The van der Waals surface area contributed by atoms with Crippen molar-refractivity contribution in [1.82, 2.24) is 0 Å². The summed E-state index contributed by atoms with van der Waals surface area (Å²) in [6.07, 6.45) is 3.96. The number of nitrogens with zero attached hydrogens (tertiary/aromatic N) is 2. The molecule has 0 N–H and O–H groups in total. The van der Waals surface area contributed by atoms with Gasteiger partial charge in [0.05, 0.1) is 26.5 Å². The number of aliphatic imine (C=N–C) groups is 1. The molecule has 0 unspecified atom stereocenters. The number of hydrogen-bond acceptors (Lipinski definition) is 5. The summed E-state index contributed by atoms with van der Waals surface area (Å²) in [6.45, 7) is 0.830. The molecule has 0 spiro atoms. The van der Waals surface area contributed by atoms with Gasteiger partial charge in [-0.05, 0) is 49.2 Å². The Kier molecular flexibility index (Phi) is 6.63. The zero-order chi connectivity index (χ0) is 19.9. The quantitative estimate of drug-likeness (QED) is 0.688. The van der Waals surface area contributed by atoms with Gasteiger partial charge in [0.2, 0.25) is 0 Å². The first-order valence-corrected chi connectivity index (χ1v) is 9.44. The van der Waals surface area contributed by atoms with Gasteiger partial charge < -0.3 is 14.4 Å². The zero-order valence-electron chi connectivity index (χ0n) is 16.3. The average molecular weight is 384 g/mol. The number of Topliss-reactive ketones (excluding diaryl/α,β-unsaturated/α-hetero) is 1. The van der Waals surface area contributed by atoms with Crippen LogP contribution in [0.5, 0.6) is 11.5 Å². The van der Waals surface area contributed by atoms with Crippen LogP contribution in [0.25, 0.3) is 0 Å². The molecule has 1 heterocycles. The van der Waals surface area contributed by atoms with Crippen LogP contribution in [0.15, 0.2) is 47.5 Å². The summed E-state index contributed by atoms with van der Waals surface area (Å²) in [7, 11) is 3.20. The van der Waals surface area contributed by atoms with Gasteiger partial charge in [0.1, 0.15) is 23.2 Å². The SMILES string of the molecule is COc1ccc(OC)c(N(CC(=O)c2ccc(F)cc2)C2=NCCCCC2)c1. The maximum atomic E-state index is 13.2. The minimum absolute atomic E-state index is 0.0913. The molecular formula is C22H25FN2O3. The Morgan fingerprint density at radius 2 is 1.86 bits per heavy atom. The molecule has 0 bridgehead atoms. The van der Waals surface area contributed by atoms with Crippen LogP contribution in [-0.4, -0.2) is 38.9 Å². The third-order valence-electron chi connectivity index (χ3n) is 4.81. The molecule has 0 saturated carbocycles. The number of methoxy groups -OCH3 is 2. The van der Waals surface area contributed by atoms with Gasteiger partial charge in [0.15, 0.2) is 5.78 Å². The Hall–Kier alpha value is -2.89. The predicted octanol–water partition coefficient (Wildman–Crippen LogP) is 4.50. The van der Waals surface area contributed by atoms with Crippen LogP contribution in [0.2, 0.25) is 0 Å². The number of benzene rings is 2. The van der Waals surface area contributed by atoms with Crippen LogP contribution in [-0.2, 0) is 0 Å². The number of amidine groups is 1. The fraction of sp³-hybridized carbons (Fsp3) is 0.364. The van der Waals surface area contributed by atoms with Gasteiger partial charge in [0, 0.05) is 24.6 Å². The Morgan fingerprint density at radius 1 is 1.07 bits per heavy atom. The van der Waals surface area contributed by atoms with Crippen LogP contribution < -0.4 is 14.4 Å². The second kappa shape index (κ2) is 9.35. The van der Waals surface area contributed by atoms with Crippen molar-refractivity contribution in [2.75, 3.05) is 32.2 Å². The molecule has 5 nitrogen and oxygen atoms in total. The van der Waals surface area contributed by atoms with E-state index in [4.69, 9.17) is 14.5 Å². The van der Waals surface area contributed by atoms with Crippen LogP contribution in [0.3, 0.4) is 0 Å². The van der Waals surface area contributed by atoms with Crippen molar-refractivity contribution >= 4 is 17.3 Å². The van der Waals surface area contributed by atoms with Gasteiger partial charge in [0.25, 0.3) is 0 Å². The van der Waals surface area contributed by atoms with E-state index in [2.05, 4.69) is 0 Å². The predicted molar refractivity (Wildman–Crippen MR) is 108 cm³/mol. The van der Waals surface area contributed by atoms with E-state index in [1.165, 1.54) is 24.3 Å². The summed E-state index contributed by atoms with van der Waals surface area (Å²) < 4.78 is 24.1. The third kappa shape index (κ3) is 4.68. The Balaban J connectivity index is 1.99. The summed E-state index contributed by atoms with van der Waals surface area (Å²) in [5.74, 6) is 1.69. The Morgan fingerprint density at radius 3 is 2.57 bits per heavy atom. The number of carbonyl (C=O) groups excluding carboxylic acids is 1. The highest BCUT2D eigenvalue weighted by Crippen LogP contribution is 2.33. The molecular weight excluding hydrogens is 359 g/mol. The van der Waals surface area contributed by atoms with Crippen molar-refractivity contribution in [2.45, 2.75) is 25.7 Å². The molecule has 3 rings (SSSR count). The summed E-state index contributed by atoms with van der Waals surface area (Å²) >= 11 is 0. The van der Waals surface area contributed by atoms with Crippen LogP contribution in [0.1, 0.15) is 36.0 Å². The largest absolute Gasteiger partial charge is 0.497 e. The number of rotatable bonds is 6. The number of carbonyl (C=O) groups is 1. The molecule has 1 aliphatic rings. The van der Waals surface area contributed by atoms with Crippen LogP contribution in [0, 0.1) is 5.82 Å². The fourth-order valence-corrected chi connectivity index (χ4v) is 3.27. The number of hydrogen-bond donors (Lipinski definition) is 0. The molecule has 0 saturated heterocycles. The summed E-state index contributed by atoms with van der Waals surface area (Å²) in [5.41, 5.74) is 1.19. The highest BCUT2D eigenvalue weighted by atomic mass is 19.1. The second-order valence-corrected chi connectivity index (χ2v) is 6.66. The molecule has 2 aromatic carbocycles. The minimum Gasteiger partial charge on any atom is -0.497 e. The monoisotopic (exact) mass is 384 g/mol. The lowest BCUT2D eigenvalue weighted by atomic mass is 10.1. The summed E-state index contributed by atoms with van der Waals surface area (Å²) in [6, 6.07) is 11.1. The van der Waals surface area contributed by atoms with E-state index in [0.717, 1.165) is 43.8 Å². The van der Waals surface area contributed by atoms with Crippen LogP contribution in [0.4, 0.5) is 10.1 Å². The number of ether oxygens (including phenoxy) is 2. The highest BCUT2D eigenvalue weighted by molar-refractivity contribution is 6.08. The molecule has 0 fully saturated rings. The van der Waals surface area contributed by atoms with Gasteiger partial charge in [-0.3, -0.25) is 9.79 Å². The molecule has 28 heavy (non-hydrogen) atoms. The van der Waals surface area contributed by atoms with E-state index in [-0.39, 0.29) is 18.1 Å². The molecule has 1 aliphatic heterocycles. The minimum atomic E-state index is -0.365. The molecule has 0 radical (unpaired) electrons. The Bertz CT molecular complexity index is 849. The van der Waals surface area contributed by atoms with Gasteiger partial charge in [-0.25, -0.2) is 4.39 Å². The number of halogens is 1. The van der Waals surface area contributed by atoms with E-state index >= 15 is 0 Å². The van der Waals surface area contributed by atoms with Gasteiger partial charge in [-0.1, -0.05) is 6.42 Å². The lowest BCUT2D eigenvalue weighted by Gasteiger charge is -2.27. The number of anilines is 1. The summed E-state index contributed by atoms with van der Waals surface area (Å²) in [4.78, 5) is 19.6. The smallest absolute Gasteiger partial charge is 0.182 e. The maximum Gasteiger partial charge on any atom is 0.182 e. The van der Waals surface area contributed by atoms with E-state index < -0.39 is 0 Å². The average Bonchev–Trinajstić information content (AvgIpc) is 3.01. The van der Waals surface area contributed by atoms with Gasteiger partial charge >= 0.3 is 0 Å². The Labute approximate surface area is 164 Å². The van der Waals surface area contributed by atoms with Crippen molar-refractivity contribution in [3.8, 4) is 11.5 Å². The first-order valence-electron chi connectivity index (χ1n) is 9.44. The zero-order valence-corrected chi connectivity index (χ0v) is 16.3. The van der Waals surface area contributed by atoms with Gasteiger partial charge in [-0.2, -0.15) is 0 Å². The normalized spacial score (nSPS) is 14.0. The van der Waals surface area contributed by atoms with E-state index in [9.17, 15) is 9.18 Å². The molecule has 0 amide bonds. The molecule has 148 valence electrons. The molecule has 0 atom stereocenters. The molecule has 6 heteroatoms. The van der Waals surface area contributed by atoms with E-state index in [0.29, 0.717) is 17.1 Å². The lowest BCUT2D eigenvalue weighted by molar-refractivity contribution is 0.100. The van der Waals surface area contributed by atoms with Crippen molar-refractivity contribution in [1.29, 1.82) is 0 Å². The second-order valence-electron chi connectivity index (χ2n) is 6.66. The molecule has 0 aromatic heterocycles. The lowest BCUT2D eigenvalue weighted by Crippen LogP contribution is -2.36. The fourth-order valence-electron chi connectivity index (χ4n) is 3.27. The summed E-state index contributed by atoms with van der Waals surface area (Å²) in [5, 5.41) is 0. The first-order chi connectivity index (χ1) is 13.6. The maximum absolute atomic E-state index is 13.2. The molecule has 0 aliphatic carbocycles. The first kappa shape index (κ1) is 19.9. The van der Waals surface area contributed by atoms with E-state index in [1.54, 1.807) is 14.2 Å². The van der Waals surface area contributed by atoms with E-state index in [1.807, 2.05) is 23.1 Å². The van der Waals surface area contributed by atoms with Gasteiger partial charge in [-0.15, -0.1) is 0 Å². The van der Waals surface area contributed by atoms with Crippen molar-refractivity contribution in [2.24, 2.45) is 4.99 Å². The van der Waals surface area contributed by atoms with Crippen molar-refractivity contribution in [3.63, 3.8) is 0 Å². The van der Waals surface area contributed by atoms with Crippen LogP contribution >= 0.6 is 0 Å². The number of ketones is 1. The highest BCUT2D eigenvalue weighted by Gasteiger charge is 2.23. The molecule has 2 aromatic rings. The standard InChI is InChI=1S/C22H25FN2O3/c1-27-18-11-12-21(28-2)19(14-18)25(22-6-4-3-5-13-24-22)15-20(26)16-7-9-17(23)10-8-16/h7-12,14H,3-6,13,15H2,1-2H3.